The van der Waals surface area contributed by atoms with Crippen LogP contribution in [-0.2, 0) is 16.6 Å². The molecule has 178 valence electrons. The van der Waals surface area contributed by atoms with Gasteiger partial charge < -0.3 is 19.6 Å². The Labute approximate surface area is 195 Å². The summed E-state index contributed by atoms with van der Waals surface area (Å²) < 4.78 is 7.40. The van der Waals surface area contributed by atoms with Crippen LogP contribution in [0.5, 0.6) is 5.75 Å². The van der Waals surface area contributed by atoms with E-state index < -0.39 is 17.7 Å². The van der Waals surface area contributed by atoms with E-state index in [4.69, 9.17) is 4.74 Å². The zero-order valence-electron chi connectivity index (χ0n) is 20.5. The van der Waals surface area contributed by atoms with Crippen LogP contribution in [-0.4, -0.2) is 69.7 Å². The number of aliphatic hydroxyl groups excluding tert-OH is 1. The van der Waals surface area contributed by atoms with Crippen LogP contribution in [0.3, 0.4) is 0 Å². The summed E-state index contributed by atoms with van der Waals surface area (Å²) in [5.74, 6) is -0.745. The number of hydrogen-bond donors (Lipinski definition) is 1. The molecule has 1 aliphatic rings. The lowest BCUT2D eigenvalue weighted by Gasteiger charge is -2.26. The van der Waals surface area contributed by atoms with Crippen LogP contribution in [0.1, 0.15) is 48.8 Å². The van der Waals surface area contributed by atoms with Crippen LogP contribution in [0.25, 0.3) is 5.76 Å². The maximum Gasteiger partial charge on any atom is 0.295 e. The first-order chi connectivity index (χ1) is 15.5. The highest BCUT2D eigenvalue weighted by atomic mass is 16.5. The number of nitrogens with zero attached hydrogens (tertiary/aromatic N) is 4. The van der Waals surface area contributed by atoms with Gasteiger partial charge in [-0.2, -0.15) is 5.10 Å². The Hall–Kier alpha value is -3.13. The fourth-order valence-corrected chi connectivity index (χ4v) is 4.27. The van der Waals surface area contributed by atoms with Gasteiger partial charge in [0.1, 0.15) is 11.5 Å². The lowest BCUT2D eigenvalue weighted by atomic mass is 9.94. The van der Waals surface area contributed by atoms with Gasteiger partial charge in [-0.15, -0.1) is 0 Å². The lowest BCUT2D eigenvalue weighted by Crippen LogP contribution is -2.32. The van der Waals surface area contributed by atoms with Crippen LogP contribution in [0.15, 0.2) is 29.8 Å². The predicted octanol–water partition coefficient (Wildman–Crippen LogP) is 3.20. The Balaban J connectivity index is 2.11. The second kappa shape index (κ2) is 9.79. The molecule has 1 atom stereocenters. The second-order valence-electron chi connectivity index (χ2n) is 9.05. The van der Waals surface area contributed by atoms with Gasteiger partial charge in [-0.25, -0.2) is 0 Å². The first-order valence-electron chi connectivity index (χ1n) is 11.2. The summed E-state index contributed by atoms with van der Waals surface area (Å²) in [7, 11) is 5.71. The number of Topliss-reactive ketones (excluding diaryl/α,β-unsaturated/α-hetero) is 1. The number of ether oxygens (including phenoxy) is 1. The number of aryl methyl sites for hydroxylation is 2. The molecule has 2 aromatic rings. The number of aromatic nitrogens is 2. The minimum absolute atomic E-state index is 0.0315. The Morgan fingerprint density at radius 3 is 2.33 bits per heavy atom. The van der Waals surface area contributed by atoms with Gasteiger partial charge in [0, 0.05) is 19.3 Å². The van der Waals surface area contributed by atoms with Crippen LogP contribution in [0.2, 0.25) is 0 Å². The summed E-state index contributed by atoms with van der Waals surface area (Å²) >= 11 is 0. The molecule has 1 aliphatic heterocycles. The van der Waals surface area contributed by atoms with Crippen LogP contribution in [0, 0.1) is 13.8 Å². The molecule has 8 heteroatoms. The van der Waals surface area contributed by atoms with Crippen molar-refractivity contribution in [1.82, 2.24) is 19.6 Å². The normalized spacial score (nSPS) is 18.1. The molecule has 1 fully saturated rings. The monoisotopic (exact) mass is 454 g/mol. The quantitative estimate of drug-likeness (QED) is 0.374. The molecule has 1 amide bonds. The molecule has 2 heterocycles. The van der Waals surface area contributed by atoms with Crippen molar-refractivity contribution >= 4 is 17.4 Å². The largest absolute Gasteiger partial charge is 0.507 e. The Morgan fingerprint density at radius 1 is 1.18 bits per heavy atom. The molecule has 0 spiro atoms. The van der Waals surface area contributed by atoms with Crippen molar-refractivity contribution in [2.24, 2.45) is 7.05 Å². The van der Waals surface area contributed by atoms with E-state index in [-0.39, 0.29) is 17.4 Å². The van der Waals surface area contributed by atoms with E-state index in [2.05, 4.69) is 5.10 Å². The van der Waals surface area contributed by atoms with E-state index in [0.29, 0.717) is 30.0 Å². The molecule has 0 aliphatic carbocycles. The van der Waals surface area contributed by atoms with Crippen molar-refractivity contribution < 1.29 is 19.4 Å². The standard InChI is InChI=1S/C25H34N4O4/c1-15(2)33-19-11-9-18(10-12-19)22-21(23(30)20-16(3)26-28(7)17(20)4)24(31)25(32)29(22)14-8-13-27(5)6/h9-12,15,22,30H,8,13-14H2,1-7H3/b23-21+/t22-/m0/s1. The number of amides is 1. The Kier molecular flexibility index (Phi) is 7.27. The van der Waals surface area contributed by atoms with Crippen molar-refractivity contribution in [3.05, 3.63) is 52.4 Å². The summed E-state index contributed by atoms with van der Waals surface area (Å²) in [5, 5.41) is 15.7. The molecule has 1 aromatic carbocycles. The number of hydrogen-bond acceptors (Lipinski definition) is 6. The molecule has 0 saturated carbocycles. The molecule has 0 unspecified atom stereocenters. The molecular formula is C25H34N4O4. The average Bonchev–Trinajstić information content (AvgIpc) is 3.13. The van der Waals surface area contributed by atoms with Gasteiger partial charge in [0.15, 0.2) is 0 Å². The van der Waals surface area contributed by atoms with Gasteiger partial charge in [0.25, 0.3) is 11.7 Å². The summed E-state index contributed by atoms with van der Waals surface area (Å²) in [5.41, 5.74) is 2.67. The van der Waals surface area contributed by atoms with E-state index in [1.807, 2.05) is 64.0 Å². The fraction of sp³-hybridized carbons (Fsp3) is 0.480. The fourth-order valence-electron chi connectivity index (χ4n) is 4.27. The van der Waals surface area contributed by atoms with Crippen molar-refractivity contribution in [3.63, 3.8) is 0 Å². The second-order valence-corrected chi connectivity index (χ2v) is 9.05. The topological polar surface area (TPSA) is 87.9 Å². The first kappa shape index (κ1) is 24.5. The van der Waals surface area contributed by atoms with Crippen LogP contribution < -0.4 is 4.74 Å². The van der Waals surface area contributed by atoms with E-state index in [9.17, 15) is 14.7 Å². The summed E-state index contributed by atoms with van der Waals surface area (Å²) in [6, 6.07) is 6.68. The zero-order valence-corrected chi connectivity index (χ0v) is 20.5. The van der Waals surface area contributed by atoms with Crippen LogP contribution >= 0.6 is 0 Å². The third-order valence-electron chi connectivity index (χ3n) is 5.86. The van der Waals surface area contributed by atoms with Crippen molar-refractivity contribution in [2.75, 3.05) is 27.2 Å². The minimum atomic E-state index is -0.681. The molecule has 33 heavy (non-hydrogen) atoms. The summed E-state index contributed by atoms with van der Waals surface area (Å²) in [6.45, 7) is 8.69. The summed E-state index contributed by atoms with van der Waals surface area (Å²) in [4.78, 5) is 29.9. The SMILES string of the molecule is Cc1nn(C)c(C)c1/C(O)=C1\C(=O)C(=O)N(CCCN(C)C)[C@H]1c1ccc(OC(C)C)cc1. The number of aliphatic hydroxyl groups is 1. The maximum absolute atomic E-state index is 13.2. The number of rotatable bonds is 8. The molecule has 1 saturated heterocycles. The van der Waals surface area contributed by atoms with Gasteiger partial charge in [-0.1, -0.05) is 12.1 Å². The van der Waals surface area contributed by atoms with E-state index in [1.54, 1.807) is 23.6 Å². The highest BCUT2D eigenvalue weighted by Crippen LogP contribution is 2.40. The third kappa shape index (κ3) is 4.95. The highest BCUT2D eigenvalue weighted by molar-refractivity contribution is 6.46. The molecular weight excluding hydrogens is 420 g/mol. The van der Waals surface area contributed by atoms with E-state index in [0.717, 1.165) is 17.8 Å². The van der Waals surface area contributed by atoms with Crippen molar-refractivity contribution in [1.29, 1.82) is 0 Å². The molecule has 1 N–H and O–H groups in total. The van der Waals surface area contributed by atoms with Gasteiger partial charge in [-0.3, -0.25) is 14.3 Å². The molecule has 1 aromatic heterocycles. The number of carbonyl (C=O) groups excluding carboxylic acids is 2. The predicted molar refractivity (Wildman–Crippen MR) is 127 cm³/mol. The van der Waals surface area contributed by atoms with Gasteiger partial charge in [0.2, 0.25) is 0 Å². The average molecular weight is 455 g/mol. The molecule has 8 nitrogen and oxygen atoms in total. The number of ketones is 1. The number of carbonyl (C=O) groups is 2. The van der Waals surface area contributed by atoms with Gasteiger partial charge >= 0.3 is 0 Å². The van der Waals surface area contributed by atoms with Crippen molar-refractivity contribution in [3.8, 4) is 5.75 Å². The smallest absolute Gasteiger partial charge is 0.295 e. The van der Waals surface area contributed by atoms with Crippen LogP contribution in [0.4, 0.5) is 0 Å². The maximum atomic E-state index is 13.2. The Morgan fingerprint density at radius 2 is 1.82 bits per heavy atom. The first-order valence-corrected chi connectivity index (χ1v) is 11.2. The lowest BCUT2D eigenvalue weighted by molar-refractivity contribution is -0.139. The Bertz CT molecular complexity index is 1070. The number of benzene rings is 1. The van der Waals surface area contributed by atoms with Gasteiger partial charge in [-0.05, 0) is 72.5 Å². The highest BCUT2D eigenvalue weighted by Gasteiger charge is 2.46. The van der Waals surface area contributed by atoms with Crippen molar-refractivity contribution in [2.45, 2.75) is 46.3 Å². The summed E-state index contributed by atoms with van der Waals surface area (Å²) in [6.07, 6.45) is 0.736. The van der Waals surface area contributed by atoms with E-state index in [1.165, 1.54) is 0 Å². The molecule has 0 radical (unpaired) electrons. The van der Waals surface area contributed by atoms with E-state index >= 15 is 0 Å². The zero-order chi connectivity index (χ0) is 24.4. The number of likely N-dealkylation sites (tertiary alicyclic amines) is 1. The van der Waals surface area contributed by atoms with Gasteiger partial charge in [0.05, 0.1) is 29.0 Å². The molecule has 3 rings (SSSR count). The third-order valence-corrected chi connectivity index (χ3v) is 5.86. The molecule has 0 bridgehead atoms. The minimum Gasteiger partial charge on any atom is -0.507 e.